The Morgan fingerprint density at radius 2 is 2.00 bits per heavy atom. The van der Waals surface area contributed by atoms with Crippen molar-refractivity contribution in [2.75, 3.05) is 11.6 Å². The maximum absolute atomic E-state index is 13.3. The standard InChI is InChI=1S/C16H16FNO2S/c1-10(11-5-3-6-12(17)9-11)18-13-7-4-8-14(21-2)15(13)16(19)20/h3-10,18H,1-2H3,(H,19,20). The lowest BCUT2D eigenvalue weighted by Gasteiger charge is -2.18. The van der Waals surface area contributed by atoms with Gasteiger partial charge in [0.15, 0.2) is 0 Å². The van der Waals surface area contributed by atoms with E-state index in [4.69, 9.17) is 0 Å². The van der Waals surface area contributed by atoms with Crippen molar-refractivity contribution in [1.29, 1.82) is 0 Å². The van der Waals surface area contributed by atoms with E-state index in [2.05, 4.69) is 5.32 Å². The van der Waals surface area contributed by atoms with Crippen molar-refractivity contribution in [2.45, 2.75) is 17.9 Å². The molecule has 0 amide bonds. The van der Waals surface area contributed by atoms with Gasteiger partial charge in [-0.1, -0.05) is 18.2 Å². The first kappa shape index (κ1) is 15.4. The predicted octanol–water partition coefficient (Wildman–Crippen LogP) is 4.42. The second-order valence-electron chi connectivity index (χ2n) is 4.61. The number of hydrogen-bond acceptors (Lipinski definition) is 3. The third-order valence-electron chi connectivity index (χ3n) is 3.18. The van der Waals surface area contributed by atoms with Crippen LogP contribution in [-0.4, -0.2) is 17.3 Å². The molecule has 0 aromatic heterocycles. The monoisotopic (exact) mass is 305 g/mol. The molecule has 21 heavy (non-hydrogen) atoms. The number of carboxylic acids is 1. The van der Waals surface area contributed by atoms with Crippen LogP contribution in [0.2, 0.25) is 0 Å². The maximum atomic E-state index is 13.3. The molecule has 2 N–H and O–H groups in total. The first-order chi connectivity index (χ1) is 10.0. The fourth-order valence-electron chi connectivity index (χ4n) is 2.13. The van der Waals surface area contributed by atoms with Crippen molar-refractivity contribution in [1.82, 2.24) is 0 Å². The summed E-state index contributed by atoms with van der Waals surface area (Å²) >= 11 is 1.38. The topological polar surface area (TPSA) is 49.3 Å². The van der Waals surface area contributed by atoms with Gasteiger partial charge in [-0.05, 0) is 43.0 Å². The van der Waals surface area contributed by atoms with Gasteiger partial charge in [0.05, 0.1) is 11.3 Å². The van der Waals surface area contributed by atoms with Gasteiger partial charge in [0.2, 0.25) is 0 Å². The summed E-state index contributed by atoms with van der Waals surface area (Å²) in [5.41, 5.74) is 1.54. The molecule has 0 heterocycles. The number of benzene rings is 2. The molecule has 2 rings (SSSR count). The Bertz CT molecular complexity index is 660. The van der Waals surface area contributed by atoms with Crippen molar-refractivity contribution < 1.29 is 14.3 Å². The van der Waals surface area contributed by atoms with Crippen LogP contribution in [0.15, 0.2) is 47.4 Å². The Kier molecular flexibility index (Phi) is 4.85. The van der Waals surface area contributed by atoms with Crippen LogP contribution in [0.25, 0.3) is 0 Å². The number of thioether (sulfide) groups is 1. The lowest BCUT2D eigenvalue weighted by Crippen LogP contribution is -2.11. The summed E-state index contributed by atoms with van der Waals surface area (Å²) in [5, 5.41) is 12.5. The second-order valence-corrected chi connectivity index (χ2v) is 5.46. The zero-order valence-corrected chi connectivity index (χ0v) is 12.6. The van der Waals surface area contributed by atoms with Crippen LogP contribution in [0.5, 0.6) is 0 Å². The summed E-state index contributed by atoms with van der Waals surface area (Å²) in [6, 6.07) is 11.4. The van der Waals surface area contributed by atoms with Gasteiger partial charge < -0.3 is 10.4 Å². The number of aromatic carboxylic acids is 1. The number of anilines is 1. The van der Waals surface area contributed by atoms with Crippen molar-refractivity contribution in [3.63, 3.8) is 0 Å². The third kappa shape index (κ3) is 3.55. The summed E-state index contributed by atoms with van der Waals surface area (Å²) in [4.78, 5) is 12.2. The van der Waals surface area contributed by atoms with Gasteiger partial charge in [-0.25, -0.2) is 9.18 Å². The van der Waals surface area contributed by atoms with E-state index >= 15 is 0 Å². The van der Waals surface area contributed by atoms with E-state index < -0.39 is 5.97 Å². The van der Waals surface area contributed by atoms with Crippen LogP contribution >= 0.6 is 11.8 Å². The van der Waals surface area contributed by atoms with Gasteiger partial charge in [0, 0.05) is 10.9 Å². The van der Waals surface area contributed by atoms with Gasteiger partial charge >= 0.3 is 5.97 Å². The minimum absolute atomic E-state index is 0.198. The molecule has 0 saturated carbocycles. The molecule has 0 aliphatic heterocycles. The molecular weight excluding hydrogens is 289 g/mol. The Labute approximate surface area is 127 Å². The van der Waals surface area contributed by atoms with E-state index in [1.807, 2.05) is 13.2 Å². The highest BCUT2D eigenvalue weighted by Gasteiger charge is 2.17. The summed E-state index contributed by atoms with van der Waals surface area (Å²) in [7, 11) is 0. The average molecular weight is 305 g/mol. The van der Waals surface area contributed by atoms with Crippen molar-refractivity contribution in [3.8, 4) is 0 Å². The molecule has 0 radical (unpaired) electrons. The Morgan fingerprint density at radius 3 is 2.62 bits per heavy atom. The normalized spacial score (nSPS) is 12.0. The fraction of sp³-hybridized carbons (Fsp3) is 0.188. The number of rotatable bonds is 5. The summed E-state index contributed by atoms with van der Waals surface area (Å²) in [5.74, 6) is -1.29. The van der Waals surface area contributed by atoms with Crippen molar-refractivity contribution in [3.05, 3.63) is 59.4 Å². The lowest BCUT2D eigenvalue weighted by atomic mass is 10.1. The van der Waals surface area contributed by atoms with Crippen LogP contribution in [0.3, 0.4) is 0 Å². The zero-order valence-electron chi connectivity index (χ0n) is 11.8. The predicted molar refractivity (Wildman–Crippen MR) is 83.6 cm³/mol. The molecule has 2 aromatic carbocycles. The van der Waals surface area contributed by atoms with E-state index in [1.54, 1.807) is 30.3 Å². The van der Waals surface area contributed by atoms with E-state index in [0.29, 0.717) is 10.6 Å². The minimum atomic E-state index is -0.978. The molecule has 1 atom stereocenters. The first-order valence-electron chi connectivity index (χ1n) is 6.45. The van der Waals surface area contributed by atoms with Gasteiger partial charge in [-0.15, -0.1) is 11.8 Å². The van der Waals surface area contributed by atoms with Crippen LogP contribution in [0.4, 0.5) is 10.1 Å². The number of carboxylic acid groups (broad SMARTS) is 1. The van der Waals surface area contributed by atoms with E-state index in [-0.39, 0.29) is 17.4 Å². The average Bonchev–Trinajstić information content (AvgIpc) is 2.46. The van der Waals surface area contributed by atoms with Crippen LogP contribution in [0, 0.1) is 5.82 Å². The molecule has 0 bridgehead atoms. The number of nitrogens with one attached hydrogen (secondary N) is 1. The fourth-order valence-corrected chi connectivity index (χ4v) is 2.75. The molecule has 3 nitrogen and oxygen atoms in total. The number of halogens is 1. The van der Waals surface area contributed by atoms with Crippen molar-refractivity contribution in [2.24, 2.45) is 0 Å². The van der Waals surface area contributed by atoms with E-state index in [9.17, 15) is 14.3 Å². The smallest absolute Gasteiger partial charge is 0.338 e. The van der Waals surface area contributed by atoms with Gasteiger partial charge in [0.1, 0.15) is 5.82 Å². The summed E-state index contributed by atoms with van der Waals surface area (Å²) in [6.45, 7) is 1.87. The minimum Gasteiger partial charge on any atom is -0.478 e. The Morgan fingerprint density at radius 1 is 1.29 bits per heavy atom. The van der Waals surface area contributed by atoms with Crippen LogP contribution < -0.4 is 5.32 Å². The van der Waals surface area contributed by atoms with E-state index in [1.165, 1.54) is 23.9 Å². The first-order valence-corrected chi connectivity index (χ1v) is 7.67. The molecule has 0 fully saturated rings. The third-order valence-corrected chi connectivity index (χ3v) is 3.96. The van der Waals surface area contributed by atoms with Crippen molar-refractivity contribution >= 4 is 23.4 Å². The van der Waals surface area contributed by atoms with Gasteiger partial charge in [-0.3, -0.25) is 0 Å². The highest BCUT2D eigenvalue weighted by Crippen LogP contribution is 2.29. The largest absolute Gasteiger partial charge is 0.478 e. The Hall–Kier alpha value is -2.01. The number of carbonyl (C=O) groups is 1. The van der Waals surface area contributed by atoms with Gasteiger partial charge in [-0.2, -0.15) is 0 Å². The SMILES string of the molecule is CSc1cccc(NC(C)c2cccc(F)c2)c1C(=O)O. The molecule has 0 spiro atoms. The molecule has 2 aromatic rings. The van der Waals surface area contributed by atoms with Crippen LogP contribution in [0.1, 0.15) is 28.9 Å². The second kappa shape index (κ2) is 6.63. The Balaban J connectivity index is 2.33. The molecule has 5 heteroatoms. The molecule has 1 unspecified atom stereocenters. The number of hydrogen-bond donors (Lipinski definition) is 2. The highest BCUT2D eigenvalue weighted by atomic mass is 32.2. The molecule has 0 aliphatic carbocycles. The lowest BCUT2D eigenvalue weighted by molar-refractivity contribution is 0.0694. The quantitative estimate of drug-likeness (QED) is 0.803. The van der Waals surface area contributed by atoms with Gasteiger partial charge in [0.25, 0.3) is 0 Å². The molecule has 0 aliphatic rings. The highest BCUT2D eigenvalue weighted by molar-refractivity contribution is 7.98. The maximum Gasteiger partial charge on any atom is 0.338 e. The molecule has 0 saturated heterocycles. The zero-order chi connectivity index (χ0) is 15.4. The van der Waals surface area contributed by atoms with E-state index in [0.717, 1.165) is 5.56 Å². The van der Waals surface area contributed by atoms with Crippen LogP contribution in [-0.2, 0) is 0 Å². The molecular formula is C16H16FNO2S. The molecule has 110 valence electrons. The summed E-state index contributed by atoms with van der Waals surface area (Å²) < 4.78 is 13.3. The summed E-state index contributed by atoms with van der Waals surface area (Å²) in [6.07, 6.45) is 1.83.